The highest BCUT2D eigenvalue weighted by Gasteiger charge is 2.39. The van der Waals surface area contributed by atoms with E-state index in [1.165, 1.54) is 11.3 Å². The lowest BCUT2D eigenvalue weighted by Gasteiger charge is -2.20. The van der Waals surface area contributed by atoms with Crippen molar-refractivity contribution in [1.82, 2.24) is 15.2 Å². The molecule has 0 bridgehead atoms. The van der Waals surface area contributed by atoms with Crippen molar-refractivity contribution in [1.29, 1.82) is 0 Å². The number of nitrogens with zero attached hydrogens (tertiary/aromatic N) is 3. The van der Waals surface area contributed by atoms with Gasteiger partial charge in [0.2, 0.25) is 0 Å². The number of thiazole rings is 1. The quantitative estimate of drug-likeness (QED) is 0.605. The van der Waals surface area contributed by atoms with Crippen molar-refractivity contribution in [3.63, 3.8) is 0 Å². The largest absolute Gasteiger partial charge is 0.328 e. The summed E-state index contributed by atoms with van der Waals surface area (Å²) < 4.78 is 1.98. The van der Waals surface area contributed by atoms with Crippen LogP contribution in [-0.4, -0.2) is 47.6 Å². The number of halogens is 2. The van der Waals surface area contributed by atoms with E-state index in [1.54, 1.807) is 9.80 Å². The van der Waals surface area contributed by atoms with Crippen LogP contribution in [0.25, 0.3) is 10.2 Å². The Balaban J connectivity index is 1.96. The van der Waals surface area contributed by atoms with E-state index < -0.39 is 0 Å². The number of rotatable bonds is 5. The van der Waals surface area contributed by atoms with Crippen LogP contribution in [0.5, 0.6) is 0 Å². The van der Waals surface area contributed by atoms with Gasteiger partial charge in [-0.3, -0.25) is 10.2 Å². The maximum atomic E-state index is 12.7. The predicted molar refractivity (Wildman–Crippen MR) is 98.1 cm³/mol. The minimum Gasteiger partial charge on any atom is -0.310 e. The molecule has 0 saturated carbocycles. The third-order valence-electron chi connectivity index (χ3n) is 3.50. The first-order valence-electron chi connectivity index (χ1n) is 7.01. The number of nitrogens with one attached hydrogen (secondary N) is 1. The Morgan fingerprint density at radius 1 is 1.57 bits per heavy atom. The van der Waals surface area contributed by atoms with E-state index >= 15 is 0 Å². The van der Waals surface area contributed by atoms with Crippen molar-refractivity contribution >= 4 is 60.2 Å². The first-order chi connectivity index (χ1) is 11.2. The summed E-state index contributed by atoms with van der Waals surface area (Å²) >= 11 is 10.8. The van der Waals surface area contributed by atoms with Gasteiger partial charge in [-0.15, -0.1) is 18.0 Å². The number of carbonyl (C=O) groups excluding carboxylic acids is 1. The molecule has 2 heterocycles. The number of terminal acetylenes is 1. The summed E-state index contributed by atoms with van der Waals surface area (Å²) in [5, 5.41) is 3.93. The zero-order chi connectivity index (χ0) is 16.4. The second kappa shape index (κ2) is 7.05. The maximum absolute atomic E-state index is 12.7. The lowest BCUT2D eigenvalue weighted by atomic mass is 10.3. The van der Waals surface area contributed by atoms with Crippen molar-refractivity contribution in [3.8, 4) is 12.3 Å². The molecular formula is C15H14BrClN4OS. The molecule has 2 aromatic rings. The Hall–Kier alpha value is -1.33. The minimum atomic E-state index is -0.186. The van der Waals surface area contributed by atoms with Crippen LogP contribution in [0.3, 0.4) is 0 Å². The molecule has 0 radical (unpaired) electrons. The molecule has 1 aromatic heterocycles. The Bertz CT molecular complexity index is 774. The number of urea groups is 1. The molecular weight excluding hydrogens is 400 g/mol. The minimum absolute atomic E-state index is 0.134. The Morgan fingerprint density at radius 2 is 2.39 bits per heavy atom. The van der Waals surface area contributed by atoms with Crippen LogP contribution in [0.1, 0.15) is 0 Å². The van der Waals surface area contributed by atoms with Crippen LogP contribution in [0, 0.1) is 12.3 Å². The van der Waals surface area contributed by atoms with E-state index in [0.717, 1.165) is 14.7 Å². The summed E-state index contributed by atoms with van der Waals surface area (Å²) in [6, 6.07) is 5.69. The fourth-order valence-electron chi connectivity index (χ4n) is 2.50. The van der Waals surface area contributed by atoms with Gasteiger partial charge >= 0.3 is 6.03 Å². The normalized spacial score (nSPS) is 18.0. The standard InChI is InChI=1S/C15H14BrClN4OS/c1-2-8-20-9-12(18-7-6-17)21(15(20)22)14-19-11-5-3-4-10(16)13(11)23-14/h1,3-5,12,18H,6-9H2. The molecule has 5 nitrogen and oxygen atoms in total. The van der Waals surface area contributed by atoms with Gasteiger partial charge in [-0.25, -0.2) is 9.78 Å². The van der Waals surface area contributed by atoms with Crippen molar-refractivity contribution in [2.24, 2.45) is 0 Å². The van der Waals surface area contributed by atoms with E-state index in [9.17, 15) is 4.79 Å². The lowest BCUT2D eigenvalue weighted by Crippen LogP contribution is -2.45. The van der Waals surface area contributed by atoms with Crippen LogP contribution < -0.4 is 10.2 Å². The first-order valence-corrected chi connectivity index (χ1v) is 9.16. The van der Waals surface area contributed by atoms with Crippen molar-refractivity contribution in [2.75, 3.05) is 30.4 Å². The Kier molecular flexibility index (Phi) is 5.07. The number of carbonyl (C=O) groups is 1. The third kappa shape index (κ3) is 3.17. The Labute approximate surface area is 151 Å². The molecule has 1 aliphatic rings. The second-order valence-electron chi connectivity index (χ2n) is 4.98. The molecule has 120 valence electrons. The molecule has 1 saturated heterocycles. The molecule has 8 heteroatoms. The molecule has 1 fully saturated rings. The molecule has 1 N–H and O–H groups in total. The number of benzene rings is 1. The van der Waals surface area contributed by atoms with Gasteiger partial charge in [-0.1, -0.05) is 23.3 Å². The molecule has 2 amide bonds. The summed E-state index contributed by atoms with van der Waals surface area (Å²) in [4.78, 5) is 20.6. The number of amides is 2. The van der Waals surface area contributed by atoms with Crippen LogP contribution in [0.2, 0.25) is 0 Å². The van der Waals surface area contributed by atoms with Crippen LogP contribution >= 0.6 is 38.9 Å². The third-order valence-corrected chi connectivity index (χ3v) is 5.72. The van der Waals surface area contributed by atoms with Gasteiger partial charge in [-0.2, -0.15) is 0 Å². The number of aromatic nitrogens is 1. The van der Waals surface area contributed by atoms with E-state index in [1.807, 2.05) is 18.2 Å². The molecule has 0 spiro atoms. The van der Waals surface area contributed by atoms with Gasteiger partial charge in [0.1, 0.15) is 6.17 Å². The number of anilines is 1. The average molecular weight is 414 g/mol. The van der Waals surface area contributed by atoms with E-state index in [0.29, 0.717) is 24.1 Å². The zero-order valence-corrected chi connectivity index (χ0v) is 15.3. The monoisotopic (exact) mass is 412 g/mol. The van der Waals surface area contributed by atoms with Crippen molar-refractivity contribution < 1.29 is 4.79 Å². The number of hydrogen-bond donors (Lipinski definition) is 1. The number of hydrogen-bond acceptors (Lipinski definition) is 4. The van der Waals surface area contributed by atoms with Gasteiger partial charge in [0, 0.05) is 16.9 Å². The van der Waals surface area contributed by atoms with E-state index in [4.69, 9.17) is 18.0 Å². The first kappa shape index (κ1) is 16.5. The molecule has 0 aliphatic carbocycles. The highest BCUT2D eigenvalue weighted by atomic mass is 79.9. The molecule has 1 aromatic carbocycles. The summed E-state index contributed by atoms with van der Waals surface area (Å²) in [5.41, 5.74) is 0.860. The van der Waals surface area contributed by atoms with Gasteiger partial charge in [-0.05, 0) is 28.1 Å². The SMILES string of the molecule is C#CCN1CC(NCCCl)N(c2nc3cccc(Br)c3s2)C1=O. The molecule has 3 rings (SSSR count). The molecule has 1 atom stereocenters. The highest BCUT2D eigenvalue weighted by molar-refractivity contribution is 9.10. The lowest BCUT2D eigenvalue weighted by molar-refractivity contribution is 0.225. The predicted octanol–water partition coefficient (Wildman–Crippen LogP) is 3.09. The van der Waals surface area contributed by atoms with Crippen molar-refractivity contribution in [3.05, 3.63) is 22.7 Å². The smallest absolute Gasteiger partial charge is 0.310 e. The zero-order valence-electron chi connectivity index (χ0n) is 12.1. The van der Waals surface area contributed by atoms with Gasteiger partial charge in [0.05, 0.1) is 23.3 Å². The van der Waals surface area contributed by atoms with Crippen LogP contribution in [0.4, 0.5) is 9.93 Å². The highest BCUT2D eigenvalue weighted by Crippen LogP contribution is 2.36. The molecule has 23 heavy (non-hydrogen) atoms. The van der Waals surface area contributed by atoms with Crippen LogP contribution in [-0.2, 0) is 0 Å². The summed E-state index contributed by atoms with van der Waals surface area (Å²) in [6.07, 6.45) is 5.17. The van der Waals surface area contributed by atoms with Gasteiger partial charge < -0.3 is 4.90 Å². The van der Waals surface area contributed by atoms with Gasteiger partial charge in [0.15, 0.2) is 5.13 Å². The molecule has 1 unspecified atom stereocenters. The number of fused-ring (bicyclic) bond motifs is 1. The molecule has 1 aliphatic heterocycles. The van der Waals surface area contributed by atoms with Crippen molar-refractivity contribution in [2.45, 2.75) is 6.17 Å². The summed E-state index contributed by atoms with van der Waals surface area (Å²) in [7, 11) is 0. The fraction of sp³-hybridized carbons (Fsp3) is 0.333. The van der Waals surface area contributed by atoms with E-state index in [2.05, 4.69) is 32.2 Å². The average Bonchev–Trinajstić information content (AvgIpc) is 3.08. The fourth-order valence-corrected chi connectivity index (χ4v) is 4.22. The number of alkyl halides is 1. The second-order valence-corrected chi connectivity index (χ2v) is 7.19. The maximum Gasteiger partial charge on any atom is 0.328 e. The summed E-state index contributed by atoms with van der Waals surface area (Å²) in [5.74, 6) is 3.00. The Morgan fingerprint density at radius 3 is 3.09 bits per heavy atom. The topological polar surface area (TPSA) is 48.5 Å². The van der Waals surface area contributed by atoms with E-state index in [-0.39, 0.29) is 18.7 Å². The summed E-state index contributed by atoms with van der Waals surface area (Å²) in [6.45, 7) is 1.40. The van der Waals surface area contributed by atoms with Gasteiger partial charge in [0.25, 0.3) is 0 Å². The van der Waals surface area contributed by atoms with Crippen LogP contribution in [0.15, 0.2) is 22.7 Å².